The van der Waals surface area contributed by atoms with Crippen LogP contribution in [0.5, 0.6) is 0 Å². The predicted molar refractivity (Wildman–Crippen MR) is 139 cm³/mol. The highest BCUT2D eigenvalue weighted by Gasteiger charge is 2.22. The molecule has 0 bridgehead atoms. The fourth-order valence-corrected chi connectivity index (χ4v) is 4.24. The van der Waals surface area contributed by atoms with Crippen molar-refractivity contribution in [3.63, 3.8) is 0 Å². The van der Waals surface area contributed by atoms with E-state index in [9.17, 15) is 10.1 Å². The molecule has 1 aromatic heterocycles. The molecule has 1 saturated heterocycles. The van der Waals surface area contributed by atoms with Gasteiger partial charge in [-0.05, 0) is 68.4 Å². The SMILES string of the molecule is CN1CCN(c2ccc3cc(-c4ccc(/C=C(\C#N)C(=O)NC(C)(C)CCO)o4)ccc3c2)CC1. The van der Waals surface area contributed by atoms with Gasteiger partial charge in [-0.2, -0.15) is 5.26 Å². The van der Waals surface area contributed by atoms with Crippen molar-refractivity contribution in [1.29, 1.82) is 5.26 Å². The van der Waals surface area contributed by atoms with E-state index in [0.717, 1.165) is 37.1 Å². The van der Waals surface area contributed by atoms with Crippen molar-refractivity contribution in [2.75, 3.05) is 44.7 Å². The van der Waals surface area contributed by atoms with Gasteiger partial charge in [-0.15, -0.1) is 0 Å². The van der Waals surface area contributed by atoms with Gasteiger partial charge in [0, 0.05) is 55.7 Å². The van der Waals surface area contributed by atoms with E-state index < -0.39 is 11.4 Å². The molecule has 35 heavy (non-hydrogen) atoms. The number of nitriles is 1. The molecule has 0 atom stereocenters. The molecule has 2 N–H and O–H groups in total. The largest absolute Gasteiger partial charge is 0.457 e. The third-order valence-electron chi connectivity index (χ3n) is 6.44. The van der Waals surface area contributed by atoms with Crippen LogP contribution in [0.3, 0.4) is 0 Å². The number of rotatable bonds is 7. The zero-order valence-electron chi connectivity index (χ0n) is 20.5. The molecule has 7 heteroatoms. The van der Waals surface area contributed by atoms with Crippen LogP contribution in [0.4, 0.5) is 5.69 Å². The number of anilines is 1. The van der Waals surface area contributed by atoms with E-state index in [1.54, 1.807) is 19.9 Å². The third kappa shape index (κ3) is 5.91. The summed E-state index contributed by atoms with van der Waals surface area (Å²) >= 11 is 0. The number of carbonyl (C=O) groups excluding carboxylic acids is 1. The second kappa shape index (κ2) is 10.3. The fourth-order valence-electron chi connectivity index (χ4n) is 4.24. The van der Waals surface area contributed by atoms with Crippen LogP contribution in [0.25, 0.3) is 28.2 Å². The highest BCUT2D eigenvalue weighted by molar-refractivity contribution is 6.01. The van der Waals surface area contributed by atoms with Crippen LogP contribution >= 0.6 is 0 Å². The van der Waals surface area contributed by atoms with Crippen LogP contribution in [0.2, 0.25) is 0 Å². The van der Waals surface area contributed by atoms with E-state index in [0.29, 0.717) is 17.9 Å². The first-order valence-electron chi connectivity index (χ1n) is 11.9. The van der Waals surface area contributed by atoms with E-state index in [2.05, 4.69) is 52.5 Å². The highest BCUT2D eigenvalue weighted by Crippen LogP contribution is 2.29. The minimum Gasteiger partial charge on any atom is -0.457 e. The molecule has 1 amide bonds. The number of amides is 1. The number of aliphatic hydroxyl groups excluding tert-OH is 1. The molecule has 182 valence electrons. The maximum absolute atomic E-state index is 12.5. The Kier molecular flexibility index (Phi) is 7.25. The quantitative estimate of drug-likeness (QED) is 0.398. The Balaban J connectivity index is 1.51. The number of aliphatic hydroxyl groups is 1. The summed E-state index contributed by atoms with van der Waals surface area (Å²) in [5, 5.41) is 23.7. The fraction of sp³-hybridized carbons (Fsp3) is 0.357. The number of benzene rings is 2. The molecule has 2 aromatic carbocycles. The van der Waals surface area contributed by atoms with Gasteiger partial charge in [-0.1, -0.05) is 18.2 Å². The summed E-state index contributed by atoms with van der Waals surface area (Å²) in [6.45, 7) is 7.76. The van der Waals surface area contributed by atoms with Crippen LogP contribution in [-0.2, 0) is 4.79 Å². The zero-order valence-corrected chi connectivity index (χ0v) is 20.5. The van der Waals surface area contributed by atoms with Crippen molar-refractivity contribution in [3.8, 4) is 17.4 Å². The number of carbonyl (C=O) groups is 1. The van der Waals surface area contributed by atoms with Crippen LogP contribution in [0.1, 0.15) is 26.0 Å². The monoisotopic (exact) mass is 472 g/mol. The summed E-state index contributed by atoms with van der Waals surface area (Å²) in [7, 11) is 2.16. The first kappa shape index (κ1) is 24.5. The lowest BCUT2D eigenvalue weighted by molar-refractivity contribution is -0.118. The number of furan rings is 1. The molecular weight excluding hydrogens is 440 g/mol. The number of nitrogens with one attached hydrogen (secondary N) is 1. The number of nitrogens with zero attached hydrogens (tertiary/aromatic N) is 3. The summed E-state index contributed by atoms with van der Waals surface area (Å²) in [4.78, 5) is 17.3. The molecule has 1 fully saturated rings. The van der Waals surface area contributed by atoms with Gasteiger partial charge in [0.05, 0.1) is 0 Å². The summed E-state index contributed by atoms with van der Waals surface area (Å²) in [6.07, 6.45) is 1.83. The Morgan fingerprint density at radius 2 is 1.83 bits per heavy atom. The van der Waals surface area contributed by atoms with Crippen molar-refractivity contribution < 1.29 is 14.3 Å². The smallest absolute Gasteiger partial charge is 0.262 e. The highest BCUT2D eigenvalue weighted by atomic mass is 16.3. The van der Waals surface area contributed by atoms with Crippen LogP contribution < -0.4 is 10.2 Å². The Morgan fingerprint density at radius 1 is 1.11 bits per heavy atom. The van der Waals surface area contributed by atoms with Gasteiger partial charge in [-0.3, -0.25) is 4.79 Å². The van der Waals surface area contributed by atoms with Gasteiger partial charge in [0.1, 0.15) is 23.2 Å². The average Bonchev–Trinajstić information content (AvgIpc) is 3.30. The van der Waals surface area contributed by atoms with Gasteiger partial charge in [0.25, 0.3) is 5.91 Å². The number of hydrogen-bond acceptors (Lipinski definition) is 6. The molecule has 7 nitrogen and oxygen atoms in total. The van der Waals surface area contributed by atoms with Crippen molar-refractivity contribution in [2.45, 2.75) is 25.8 Å². The van der Waals surface area contributed by atoms with Crippen molar-refractivity contribution in [3.05, 3.63) is 59.9 Å². The molecule has 3 aromatic rings. The van der Waals surface area contributed by atoms with E-state index >= 15 is 0 Å². The molecule has 0 unspecified atom stereocenters. The second-order valence-electron chi connectivity index (χ2n) is 9.72. The van der Waals surface area contributed by atoms with Crippen LogP contribution in [0.15, 0.2) is 58.5 Å². The third-order valence-corrected chi connectivity index (χ3v) is 6.44. The molecule has 0 saturated carbocycles. The number of hydrogen-bond donors (Lipinski definition) is 2. The lowest BCUT2D eigenvalue weighted by Gasteiger charge is -2.34. The summed E-state index contributed by atoms with van der Waals surface area (Å²) in [5.74, 6) is 0.600. The number of piperazine rings is 1. The molecule has 1 aliphatic rings. The molecule has 1 aliphatic heterocycles. The maximum atomic E-state index is 12.5. The normalized spacial score (nSPS) is 15.3. The van der Waals surface area contributed by atoms with Crippen LogP contribution in [0, 0.1) is 11.3 Å². The Labute approximate surface area is 206 Å². The molecule has 2 heterocycles. The van der Waals surface area contributed by atoms with Crippen molar-refractivity contribution in [2.24, 2.45) is 0 Å². The minimum absolute atomic E-state index is 0.0492. The Bertz CT molecular complexity index is 1280. The topological polar surface area (TPSA) is 92.7 Å². The van der Waals surface area contributed by atoms with Gasteiger partial charge >= 0.3 is 0 Å². The lowest BCUT2D eigenvalue weighted by atomic mass is 10.0. The van der Waals surface area contributed by atoms with Crippen molar-refractivity contribution in [1.82, 2.24) is 10.2 Å². The van der Waals surface area contributed by atoms with E-state index in [1.807, 2.05) is 18.2 Å². The minimum atomic E-state index is -0.620. The summed E-state index contributed by atoms with van der Waals surface area (Å²) in [5.41, 5.74) is 1.50. The maximum Gasteiger partial charge on any atom is 0.262 e. The van der Waals surface area contributed by atoms with E-state index in [4.69, 9.17) is 9.52 Å². The Morgan fingerprint density at radius 3 is 2.54 bits per heavy atom. The van der Waals surface area contributed by atoms with Crippen molar-refractivity contribution >= 4 is 28.4 Å². The van der Waals surface area contributed by atoms with Gasteiger partial charge < -0.3 is 24.6 Å². The van der Waals surface area contributed by atoms with Gasteiger partial charge in [0.15, 0.2) is 0 Å². The lowest BCUT2D eigenvalue weighted by Crippen LogP contribution is -2.44. The average molecular weight is 473 g/mol. The van der Waals surface area contributed by atoms with Gasteiger partial charge in [-0.25, -0.2) is 0 Å². The molecule has 0 aliphatic carbocycles. The Hall–Kier alpha value is -3.60. The molecule has 0 spiro atoms. The molecule has 0 radical (unpaired) electrons. The zero-order chi connectivity index (χ0) is 25.0. The number of fused-ring (bicyclic) bond motifs is 1. The van der Waals surface area contributed by atoms with E-state index in [1.165, 1.54) is 17.1 Å². The standard InChI is InChI=1S/C28H32N4O3/c1-28(2,10-15-33)30-27(34)23(19-29)18-25-8-9-26(35-25)22-5-4-21-17-24(7-6-20(21)16-22)32-13-11-31(3)12-14-32/h4-9,16-18,33H,10-15H2,1-3H3,(H,30,34)/b23-18+. The molecular formula is C28H32N4O3. The predicted octanol–water partition coefficient (Wildman–Crippen LogP) is 4.04. The summed E-state index contributed by atoms with van der Waals surface area (Å²) < 4.78 is 5.95. The van der Waals surface area contributed by atoms with E-state index in [-0.39, 0.29) is 12.2 Å². The second-order valence-corrected chi connectivity index (χ2v) is 9.72. The van der Waals surface area contributed by atoms with Gasteiger partial charge in [0.2, 0.25) is 0 Å². The first-order valence-corrected chi connectivity index (χ1v) is 11.9. The summed E-state index contributed by atoms with van der Waals surface area (Å²) in [6, 6.07) is 18.3. The molecule has 4 rings (SSSR count). The van der Waals surface area contributed by atoms with Crippen LogP contribution in [-0.4, -0.2) is 61.3 Å². The first-order chi connectivity index (χ1) is 16.8. The number of likely N-dealkylation sites (N-methyl/N-ethyl adjacent to an activating group) is 1.